The molecule has 1 aromatic rings. The third-order valence-corrected chi connectivity index (χ3v) is 2.03. The predicted molar refractivity (Wildman–Crippen MR) is 51.7 cm³/mol. The molecule has 0 aromatic heterocycles. The molecule has 0 fully saturated rings. The van der Waals surface area contributed by atoms with Gasteiger partial charge in [0.15, 0.2) is 11.6 Å². The summed E-state index contributed by atoms with van der Waals surface area (Å²) >= 11 is 0. The van der Waals surface area contributed by atoms with Crippen molar-refractivity contribution in [2.75, 3.05) is 6.54 Å². The van der Waals surface area contributed by atoms with Gasteiger partial charge in [-0.2, -0.15) is 0 Å². The molecule has 2 nitrogen and oxygen atoms in total. The molecule has 0 aliphatic rings. The summed E-state index contributed by atoms with van der Waals surface area (Å²) in [4.78, 5) is 0. The van der Waals surface area contributed by atoms with Gasteiger partial charge in [0, 0.05) is 24.7 Å². The van der Waals surface area contributed by atoms with Crippen molar-refractivity contribution in [1.82, 2.24) is 5.32 Å². The third-order valence-electron chi connectivity index (χ3n) is 2.03. The first-order valence-electron chi connectivity index (χ1n) is 4.51. The first kappa shape index (κ1) is 11.1. The number of benzene rings is 1. The third kappa shape index (κ3) is 2.75. The second-order valence-corrected chi connectivity index (χ2v) is 3.23. The number of halogens is 2. The lowest BCUT2D eigenvalue weighted by molar-refractivity contribution is 0.483. The molecule has 0 saturated heterocycles. The highest BCUT2D eigenvalue weighted by atomic mass is 19.2. The van der Waals surface area contributed by atoms with Crippen LogP contribution >= 0.6 is 0 Å². The van der Waals surface area contributed by atoms with Crippen LogP contribution in [0, 0.1) is 11.6 Å². The zero-order chi connectivity index (χ0) is 10.6. The Balaban J connectivity index is 2.63. The Bertz CT molecular complexity index is 302. The van der Waals surface area contributed by atoms with Crippen LogP contribution in [0.3, 0.4) is 0 Å². The van der Waals surface area contributed by atoms with Gasteiger partial charge in [-0.25, -0.2) is 8.78 Å². The van der Waals surface area contributed by atoms with Crippen molar-refractivity contribution in [1.29, 1.82) is 0 Å². The highest BCUT2D eigenvalue weighted by molar-refractivity contribution is 5.18. The second kappa shape index (κ2) is 5.02. The summed E-state index contributed by atoms with van der Waals surface area (Å²) < 4.78 is 25.9. The van der Waals surface area contributed by atoms with Gasteiger partial charge in [-0.3, -0.25) is 0 Å². The summed E-state index contributed by atoms with van der Waals surface area (Å²) in [5.74, 6) is -1.60. The van der Waals surface area contributed by atoms with Crippen LogP contribution in [0.1, 0.15) is 12.5 Å². The summed E-state index contributed by atoms with van der Waals surface area (Å²) in [5.41, 5.74) is 5.70. The summed E-state index contributed by atoms with van der Waals surface area (Å²) in [7, 11) is 0. The number of nitrogens with one attached hydrogen (secondary N) is 1. The minimum absolute atomic E-state index is 0.0951. The molecule has 0 spiro atoms. The zero-order valence-corrected chi connectivity index (χ0v) is 8.06. The van der Waals surface area contributed by atoms with E-state index in [1.165, 1.54) is 6.07 Å². The largest absolute Gasteiger partial charge is 0.329 e. The Morgan fingerprint density at radius 3 is 2.79 bits per heavy atom. The Labute approximate surface area is 82.1 Å². The quantitative estimate of drug-likeness (QED) is 0.771. The van der Waals surface area contributed by atoms with Crippen molar-refractivity contribution in [3.8, 4) is 0 Å². The van der Waals surface area contributed by atoms with E-state index in [2.05, 4.69) is 5.32 Å². The summed E-state index contributed by atoms with van der Waals surface area (Å²) in [6, 6.07) is 4.24. The molecule has 0 unspecified atom stereocenters. The van der Waals surface area contributed by atoms with Gasteiger partial charge in [0.1, 0.15) is 0 Å². The molecule has 0 aliphatic heterocycles. The summed E-state index contributed by atoms with van der Waals surface area (Å²) in [6.45, 7) is 2.65. The molecule has 3 N–H and O–H groups in total. The molecule has 0 aliphatic carbocycles. The van der Waals surface area contributed by atoms with Gasteiger partial charge < -0.3 is 11.1 Å². The normalized spacial score (nSPS) is 12.9. The van der Waals surface area contributed by atoms with Gasteiger partial charge in [-0.15, -0.1) is 0 Å². The molecule has 0 saturated carbocycles. The van der Waals surface area contributed by atoms with Crippen LogP contribution < -0.4 is 11.1 Å². The van der Waals surface area contributed by atoms with E-state index in [1.807, 2.05) is 6.92 Å². The molecule has 1 atom stereocenters. The molecule has 0 bridgehead atoms. The lowest BCUT2D eigenvalue weighted by Gasteiger charge is -2.11. The van der Waals surface area contributed by atoms with Crippen LogP contribution in [-0.4, -0.2) is 12.6 Å². The molecule has 0 heterocycles. The molecule has 1 rings (SSSR count). The van der Waals surface area contributed by atoms with Crippen LogP contribution in [0.25, 0.3) is 0 Å². The van der Waals surface area contributed by atoms with Crippen LogP contribution in [-0.2, 0) is 6.54 Å². The average Bonchev–Trinajstić information content (AvgIpc) is 2.20. The maximum atomic E-state index is 13.1. The Hall–Kier alpha value is -1.00. The van der Waals surface area contributed by atoms with E-state index in [0.717, 1.165) is 6.07 Å². The van der Waals surface area contributed by atoms with Crippen molar-refractivity contribution in [2.45, 2.75) is 19.5 Å². The minimum Gasteiger partial charge on any atom is -0.329 e. The van der Waals surface area contributed by atoms with Crippen molar-refractivity contribution >= 4 is 0 Å². The van der Waals surface area contributed by atoms with Crippen LogP contribution in [0.2, 0.25) is 0 Å². The number of nitrogens with two attached hydrogens (primary N) is 1. The number of rotatable bonds is 4. The van der Waals surface area contributed by atoms with Crippen molar-refractivity contribution in [3.05, 3.63) is 35.4 Å². The molecule has 0 amide bonds. The minimum atomic E-state index is -0.815. The van der Waals surface area contributed by atoms with Gasteiger partial charge in [0.05, 0.1) is 0 Å². The predicted octanol–water partition coefficient (Wildman–Crippen LogP) is 1.40. The zero-order valence-electron chi connectivity index (χ0n) is 8.06. The first-order chi connectivity index (χ1) is 6.65. The highest BCUT2D eigenvalue weighted by Crippen LogP contribution is 2.10. The molecular formula is C10H14F2N2. The summed E-state index contributed by atoms with van der Waals surface area (Å²) in [6.07, 6.45) is 0. The maximum Gasteiger partial charge on any atom is 0.163 e. The number of hydrogen-bond acceptors (Lipinski definition) is 2. The van der Waals surface area contributed by atoms with E-state index in [0.29, 0.717) is 18.7 Å². The van der Waals surface area contributed by atoms with Crippen molar-refractivity contribution in [3.63, 3.8) is 0 Å². The first-order valence-corrected chi connectivity index (χ1v) is 4.51. The van der Waals surface area contributed by atoms with Crippen LogP contribution in [0.15, 0.2) is 18.2 Å². The Morgan fingerprint density at radius 1 is 1.43 bits per heavy atom. The highest BCUT2D eigenvalue weighted by Gasteiger charge is 2.07. The Kier molecular flexibility index (Phi) is 3.98. The van der Waals surface area contributed by atoms with E-state index in [-0.39, 0.29) is 6.04 Å². The fourth-order valence-electron chi connectivity index (χ4n) is 1.05. The monoisotopic (exact) mass is 200 g/mol. The van der Waals surface area contributed by atoms with E-state index in [1.54, 1.807) is 6.07 Å². The van der Waals surface area contributed by atoms with Gasteiger partial charge >= 0.3 is 0 Å². The molecule has 1 aromatic carbocycles. The van der Waals surface area contributed by atoms with E-state index < -0.39 is 11.6 Å². The lowest BCUT2D eigenvalue weighted by atomic mass is 10.2. The molecular weight excluding hydrogens is 186 g/mol. The van der Waals surface area contributed by atoms with Gasteiger partial charge in [-0.05, 0) is 13.0 Å². The molecule has 78 valence electrons. The number of hydrogen-bond donors (Lipinski definition) is 2. The van der Waals surface area contributed by atoms with Crippen LogP contribution in [0.4, 0.5) is 8.78 Å². The Morgan fingerprint density at radius 2 is 2.14 bits per heavy atom. The second-order valence-electron chi connectivity index (χ2n) is 3.23. The van der Waals surface area contributed by atoms with Crippen molar-refractivity contribution < 1.29 is 8.78 Å². The average molecular weight is 200 g/mol. The molecule has 14 heavy (non-hydrogen) atoms. The summed E-state index contributed by atoms with van der Waals surface area (Å²) in [5, 5.41) is 2.98. The SMILES string of the molecule is C[C@H](CN)NCc1cccc(F)c1F. The van der Waals surface area contributed by atoms with Crippen molar-refractivity contribution in [2.24, 2.45) is 5.73 Å². The van der Waals surface area contributed by atoms with E-state index in [9.17, 15) is 8.78 Å². The van der Waals surface area contributed by atoms with E-state index >= 15 is 0 Å². The molecule has 4 heteroatoms. The topological polar surface area (TPSA) is 38.0 Å². The lowest BCUT2D eigenvalue weighted by Crippen LogP contribution is -2.32. The van der Waals surface area contributed by atoms with Gasteiger partial charge in [0.2, 0.25) is 0 Å². The van der Waals surface area contributed by atoms with Crippen LogP contribution in [0.5, 0.6) is 0 Å². The maximum absolute atomic E-state index is 13.1. The van der Waals surface area contributed by atoms with E-state index in [4.69, 9.17) is 5.73 Å². The standard InChI is InChI=1S/C10H14F2N2/c1-7(5-13)14-6-8-3-2-4-9(11)10(8)12/h2-4,7,14H,5-6,13H2,1H3/t7-/m1/s1. The smallest absolute Gasteiger partial charge is 0.163 e. The fourth-order valence-corrected chi connectivity index (χ4v) is 1.05. The molecule has 0 radical (unpaired) electrons. The van der Waals surface area contributed by atoms with Gasteiger partial charge in [-0.1, -0.05) is 12.1 Å². The fraction of sp³-hybridized carbons (Fsp3) is 0.400. The van der Waals surface area contributed by atoms with Gasteiger partial charge in [0.25, 0.3) is 0 Å².